The van der Waals surface area contributed by atoms with Crippen LogP contribution in [-0.4, -0.2) is 56.8 Å². The highest BCUT2D eigenvalue weighted by Gasteiger charge is 2.32. The number of alkyl carbamates (subject to hydrolysis) is 1. The number of nitrogens with zero attached hydrogens (tertiary/aromatic N) is 1. The largest absolute Gasteiger partial charge is 0.444 e. The summed E-state index contributed by atoms with van der Waals surface area (Å²) in [5.74, 6) is -0.941. The second-order valence-electron chi connectivity index (χ2n) is 13.8. The third kappa shape index (κ3) is 11.9. The molecule has 0 radical (unpaired) electrons. The van der Waals surface area contributed by atoms with E-state index in [4.69, 9.17) is 4.74 Å². The Labute approximate surface area is 295 Å². The van der Waals surface area contributed by atoms with Crippen LogP contribution in [0.2, 0.25) is 0 Å². The quantitative estimate of drug-likeness (QED) is 0.0937. The van der Waals surface area contributed by atoms with E-state index in [1.165, 1.54) is 0 Å². The fourth-order valence-corrected chi connectivity index (χ4v) is 5.65. The Hall–Kier alpha value is -4.96. The van der Waals surface area contributed by atoms with Gasteiger partial charge in [0.15, 0.2) is 0 Å². The molecule has 1 heterocycles. The number of benzene rings is 3. The molecular formula is C40H51N5O5. The number of amides is 3. The van der Waals surface area contributed by atoms with Crippen molar-refractivity contribution >= 4 is 35.0 Å². The summed E-state index contributed by atoms with van der Waals surface area (Å²) < 4.78 is 5.51. The predicted octanol–water partition coefficient (Wildman–Crippen LogP) is 6.32. The molecule has 0 fully saturated rings. The van der Waals surface area contributed by atoms with Gasteiger partial charge in [-0.3, -0.25) is 9.59 Å². The first-order valence-electron chi connectivity index (χ1n) is 17.4. The van der Waals surface area contributed by atoms with E-state index in [9.17, 15) is 19.5 Å². The number of aliphatic hydroxyl groups is 1. The maximum absolute atomic E-state index is 14.1. The molecular weight excluding hydrogens is 630 g/mol. The van der Waals surface area contributed by atoms with Crippen molar-refractivity contribution in [1.82, 2.24) is 25.9 Å². The Morgan fingerprint density at radius 3 is 2.24 bits per heavy atom. The van der Waals surface area contributed by atoms with Gasteiger partial charge in [0.05, 0.1) is 29.7 Å². The second kappa shape index (κ2) is 18.2. The lowest BCUT2D eigenvalue weighted by Crippen LogP contribution is -2.52. The Balaban J connectivity index is 1.53. The van der Waals surface area contributed by atoms with Gasteiger partial charge in [0, 0.05) is 5.92 Å². The van der Waals surface area contributed by atoms with Gasteiger partial charge in [0.25, 0.3) is 0 Å². The molecule has 4 rings (SSSR count). The number of H-pyrrole nitrogens is 1. The summed E-state index contributed by atoms with van der Waals surface area (Å²) in [5, 5.41) is 20.4. The smallest absolute Gasteiger partial charge is 0.407 e. The van der Waals surface area contributed by atoms with Crippen LogP contribution in [0.15, 0.2) is 91.0 Å². The zero-order valence-electron chi connectivity index (χ0n) is 29.7. The molecule has 0 bridgehead atoms. The number of nitrogens with one attached hydrogen (secondary N) is 4. The highest BCUT2D eigenvalue weighted by molar-refractivity contribution is 5.89. The molecule has 0 aliphatic heterocycles. The van der Waals surface area contributed by atoms with Crippen LogP contribution in [0.1, 0.15) is 70.8 Å². The van der Waals surface area contributed by atoms with E-state index in [-0.39, 0.29) is 30.7 Å². The Bertz CT molecular complexity index is 1670. The molecule has 5 N–H and O–H groups in total. The highest BCUT2D eigenvalue weighted by Crippen LogP contribution is 2.21. The van der Waals surface area contributed by atoms with Crippen molar-refractivity contribution in [2.24, 2.45) is 11.8 Å². The summed E-state index contributed by atoms with van der Waals surface area (Å²) in [5.41, 5.74) is 2.84. The lowest BCUT2D eigenvalue weighted by atomic mass is 9.89. The van der Waals surface area contributed by atoms with Gasteiger partial charge in [-0.05, 0) is 69.2 Å². The van der Waals surface area contributed by atoms with Gasteiger partial charge in [0.1, 0.15) is 17.5 Å². The average molecular weight is 682 g/mol. The van der Waals surface area contributed by atoms with Gasteiger partial charge in [-0.25, -0.2) is 9.78 Å². The van der Waals surface area contributed by atoms with Crippen molar-refractivity contribution < 1.29 is 24.2 Å². The number of para-hydroxylation sites is 2. The summed E-state index contributed by atoms with van der Waals surface area (Å²) in [6.45, 7) is 9.39. The fraction of sp³-hybridized carbons (Fsp3) is 0.400. The number of hydrogen-bond acceptors (Lipinski definition) is 6. The molecule has 4 aromatic rings. The van der Waals surface area contributed by atoms with E-state index in [1.807, 2.05) is 111 Å². The van der Waals surface area contributed by atoms with E-state index >= 15 is 0 Å². The molecule has 3 amide bonds. The van der Waals surface area contributed by atoms with Gasteiger partial charge in [-0.15, -0.1) is 0 Å². The standard InChI is InChI=1S/C40H51N5O5/c1-6-27(2)36(38(48)41-26-35-42-31-22-13-14-23-32(31)43-35)45-37(47)30(21-15-20-28-16-9-7-10-17-28)25-34(46)33(24-29-18-11-8-12-19-29)44-39(49)50-40(3,4)5/h7-20,22-23,27,30,33-34,36,46H,6,21,24-26H2,1-5H3,(H,41,48)(H,42,43)(H,44,49)(H,45,47)/t27?,30-,33+,34+,36?/m1/s1. The number of rotatable bonds is 16. The zero-order chi connectivity index (χ0) is 36.1. The molecule has 0 aliphatic carbocycles. The number of ether oxygens (including phenoxy) is 1. The molecule has 266 valence electrons. The lowest BCUT2D eigenvalue weighted by molar-refractivity contribution is -0.133. The van der Waals surface area contributed by atoms with Gasteiger partial charge < -0.3 is 30.8 Å². The van der Waals surface area contributed by atoms with Crippen molar-refractivity contribution in [3.8, 4) is 0 Å². The number of imidazole rings is 1. The highest BCUT2D eigenvalue weighted by atomic mass is 16.6. The lowest BCUT2D eigenvalue weighted by Gasteiger charge is -2.30. The zero-order valence-corrected chi connectivity index (χ0v) is 29.7. The van der Waals surface area contributed by atoms with Crippen molar-refractivity contribution in [3.05, 3.63) is 108 Å². The van der Waals surface area contributed by atoms with Crippen LogP contribution < -0.4 is 16.0 Å². The normalized spacial score (nSPS) is 14.8. The van der Waals surface area contributed by atoms with Crippen molar-refractivity contribution in [3.63, 3.8) is 0 Å². The van der Waals surface area contributed by atoms with E-state index in [1.54, 1.807) is 20.8 Å². The SMILES string of the molecule is CCC(C)C(NC(=O)[C@H](CC=Cc1ccccc1)C[C@H](O)[C@H](Cc1ccccc1)NC(=O)OC(C)(C)C)C(=O)NCc1nc2ccccc2[nH]1. The number of fused-ring (bicyclic) bond motifs is 1. The van der Waals surface area contributed by atoms with Crippen LogP contribution in [-0.2, 0) is 27.3 Å². The average Bonchev–Trinajstić information content (AvgIpc) is 3.51. The molecule has 2 unspecified atom stereocenters. The summed E-state index contributed by atoms with van der Waals surface area (Å²) >= 11 is 0. The molecule has 50 heavy (non-hydrogen) atoms. The van der Waals surface area contributed by atoms with E-state index in [0.717, 1.165) is 22.2 Å². The monoisotopic (exact) mass is 681 g/mol. The number of aliphatic hydroxyl groups excluding tert-OH is 1. The Morgan fingerprint density at radius 1 is 0.920 bits per heavy atom. The maximum Gasteiger partial charge on any atom is 0.407 e. The van der Waals surface area contributed by atoms with Crippen LogP contribution >= 0.6 is 0 Å². The Kier molecular flexibility index (Phi) is 13.7. The molecule has 0 spiro atoms. The molecule has 0 aliphatic rings. The topological polar surface area (TPSA) is 145 Å². The Morgan fingerprint density at radius 2 is 1.58 bits per heavy atom. The van der Waals surface area contributed by atoms with Crippen molar-refractivity contribution in [1.29, 1.82) is 0 Å². The summed E-state index contributed by atoms with van der Waals surface area (Å²) in [7, 11) is 0. The van der Waals surface area contributed by atoms with Crippen LogP contribution in [0.5, 0.6) is 0 Å². The minimum Gasteiger partial charge on any atom is -0.444 e. The predicted molar refractivity (Wildman–Crippen MR) is 197 cm³/mol. The minimum absolute atomic E-state index is 0.0338. The number of hydrogen-bond donors (Lipinski definition) is 5. The van der Waals surface area contributed by atoms with E-state index in [2.05, 4.69) is 25.9 Å². The molecule has 10 heteroatoms. The number of carbonyl (C=O) groups is 3. The van der Waals surface area contributed by atoms with Crippen molar-refractivity contribution in [2.45, 2.75) is 90.6 Å². The van der Waals surface area contributed by atoms with Gasteiger partial charge in [0.2, 0.25) is 11.8 Å². The van der Waals surface area contributed by atoms with Gasteiger partial charge >= 0.3 is 6.09 Å². The van der Waals surface area contributed by atoms with Crippen LogP contribution in [0, 0.1) is 11.8 Å². The number of allylic oxidation sites excluding steroid dienone is 1. The first kappa shape index (κ1) is 37.9. The number of aromatic amines is 1. The third-order valence-corrected chi connectivity index (χ3v) is 8.55. The molecule has 0 saturated heterocycles. The van der Waals surface area contributed by atoms with Gasteiger partial charge in [-0.1, -0.05) is 105 Å². The molecule has 10 nitrogen and oxygen atoms in total. The number of aromatic nitrogens is 2. The summed E-state index contributed by atoms with van der Waals surface area (Å²) in [6.07, 6.45) is 3.40. The molecule has 5 atom stereocenters. The fourth-order valence-electron chi connectivity index (χ4n) is 5.65. The molecule has 3 aromatic carbocycles. The van der Waals surface area contributed by atoms with Crippen molar-refractivity contribution in [2.75, 3.05) is 0 Å². The van der Waals surface area contributed by atoms with Crippen LogP contribution in [0.3, 0.4) is 0 Å². The van der Waals surface area contributed by atoms with Crippen LogP contribution in [0.4, 0.5) is 4.79 Å². The van der Waals surface area contributed by atoms with Crippen LogP contribution in [0.25, 0.3) is 17.1 Å². The minimum atomic E-state index is -1.10. The first-order valence-corrected chi connectivity index (χ1v) is 17.4. The van der Waals surface area contributed by atoms with E-state index in [0.29, 0.717) is 25.1 Å². The first-order chi connectivity index (χ1) is 23.9. The third-order valence-electron chi connectivity index (χ3n) is 8.55. The summed E-state index contributed by atoms with van der Waals surface area (Å²) in [4.78, 5) is 48.3. The maximum atomic E-state index is 14.1. The van der Waals surface area contributed by atoms with E-state index < -0.39 is 35.8 Å². The second-order valence-corrected chi connectivity index (χ2v) is 13.8. The summed E-state index contributed by atoms with van der Waals surface area (Å²) in [6, 6.07) is 25.3. The molecule has 0 saturated carbocycles. The molecule has 1 aromatic heterocycles. The van der Waals surface area contributed by atoms with Gasteiger partial charge in [-0.2, -0.15) is 0 Å². The number of carbonyl (C=O) groups excluding carboxylic acids is 3.